The zero-order valence-electron chi connectivity index (χ0n) is 16.7. The van der Waals surface area contributed by atoms with Crippen molar-refractivity contribution in [2.75, 3.05) is 20.3 Å². The van der Waals surface area contributed by atoms with Crippen molar-refractivity contribution in [3.05, 3.63) is 57.8 Å². The number of oxazole rings is 1. The summed E-state index contributed by atoms with van der Waals surface area (Å²) in [6, 6.07) is 12.7. The molecular formula is C21H21N3O5S. The number of nitrogens with zero attached hydrogens (tertiary/aromatic N) is 3. The Morgan fingerprint density at radius 2 is 2.00 bits per heavy atom. The first-order chi connectivity index (χ1) is 14.6. The zero-order chi connectivity index (χ0) is 21.1. The average Bonchev–Trinajstić information content (AvgIpc) is 3.24. The molecule has 0 aliphatic carbocycles. The van der Waals surface area contributed by atoms with Gasteiger partial charge in [0.05, 0.1) is 29.5 Å². The number of hydrogen-bond donors (Lipinski definition) is 0. The topological polar surface area (TPSA) is 88.0 Å². The molecule has 0 aliphatic rings. The van der Waals surface area contributed by atoms with E-state index in [1.54, 1.807) is 31.4 Å². The minimum absolute atomic E-state index is 0.196. The molecule has 4 rings (SSSR count). The van der Waals surface area contributed by atoms with E-state index in [9.17, 15) is 9.59 Å². The van der Waals surface area contributed by atoms with Crippen LogP contribution in [-0.4, -0.2) is 35.4 Å². The van der Waals surface area contributed by atoms with E-state index in [0.29, 0.717) is 35.7 Å². The highest BCUT2D eigenvalue weighted by Gasteiger charge is 2.13. The summed E-state index contributed by atoms with van der Waals surface area (Å²) in [6.45, 7) is 3.41. The van der Waals surface area contributed by atoms with Gasteiger partial charge >= 0.3 is 5.76 Å². The molecule has 4 aromatic rings. The van der Waals surface area contributed by atoms with Gasteiger partial charge < -0.3 is 18.5 Å². The van der Waals surface area contributed by atoms with E-state index in [1.807, 2.05) is 29.7 Å². The molecule has 0 atom stereocenters. The van der Waals surface area contributed by atoms with Crippen molar-refractivity contribution in [3.63, 3.8) is 0 Å². The maximum Gasteiger partial charge on any atom is 0.420 e. The molecule has 9 heteroatoms. The molecule has 0 bridgehead atoms. The third-order valence-electron chi connectivity index (χ3n) is 4.64. The molecule has 0 saturated carbocycles. The van der Waals surface area contributed by atoms with Crippen molar-refractivity contribution in [2.45, 2.75) is 20.0 Å². The number of amides is 1. The van der Waals surface area contributed by atoms with Crippen LogP contribution in [0.2, 0.25) is 0 Å². The molecule has 0 saturated heterocycles. The van der Waals surface area contributed by atoms with Gasteiger partial charge in [0.15, 0.2) is 10.4 Å². The average molecular weight is 427 g/mol. The number of carbonyl (C=O) groups excluding carboxylic acids is 1. The number of thiazole rings is 1. The number of benzene rings is 2. The quantitative estimate of drug-likeness (QED) is 0.423. The number of methoxy groups -OCH3 is 1. The van der Waals surface area contributed by atoms with Gasteiger partial charge in [0, 0.05) is 13.2 Å². The molecule has 156 valence electrons. The van der Waals surface area contributed by atoms with Crippen molar-refractivity contribution >= 4 is 38.6 Å². The predicted molar refractivity (Wildman–Crippen MR) is 114 cm³/mol. The molecule has 0 spiro atoms. The van der Waals surface area contributed by atoms with Crippen LogP contribution in [0.25, 0.3) is 21.3 Å². The lowest BCUT2D eigenvalue weighted by Crippen LogP contribution is -2.23. The van der Waals surface area contributed by atoms with Crippen LogP contribution in [-0.2, 0) is 22.6 Å². The predicted octanol–water partition coefficient (Wildman–Crippen LogP) is 2.78. The van der Waals surface area contributed by atoms with Gasteiger partial charge in [-0.15, -0.1) is 0 Å². The van der Waals surface area contributed by atoms with Gasteiger partial charge in [-0.25, -0.2) is 4.79 Å². The molecule has 2 heterocycles. The van der Waals surface area contributed by atoms with E-state index in [1.165, 1.54) is 15.9 Å². The third kappa shape index (κ3) is 3.94. The molecule has 0 N–H and O–H groups in total. The van der Waals surface area contributed by atoms with Gasteiger partial charge in [0.25, 0.3) is 5.91 Å². The summed E-state index contributed by atoms with van der Waals surface area (Å²) in [4.78, 5) is 29.7. The van der Waals surface area contributed by atoms with E-state index < -0.39 is 11.7 Å². The summed E-state index contributed by atoms with van der Waals surface area (Å²) in [7, 11) is 1.61. The van der Waals surface area contributed by atoms with Gasteiger partial charge in [-0.3, -0.25) is 9.36 Å². The Bertz CT molecular complexity index is 1330. The Kier molecular flexibility index (Phi) is 5.82. The molecule has 8 nitrogen and oxygen atoms in total. The summed E-state index contributed by atoms with van der Waals surface area (Å²) >= 11 is 1.39. The van der Waals surface area contributed by atoms with E-state index in [2.05, 4.69) is 4.99 Å². The highest BCUT2D eigenvalue weighted by atomic mass is 32.1. The number of para-hydroxylation sites is 2. The number of hydrogen-bond acceptors (Lipinski definition) is 6. The van der Waals surface area contributed by atoms with Gasteiger partial charge in [0.1, 0.15) is 12.3 Å². The van der Waals surface area contributed by atoms with Crippen LogP contribution in [0.1, 0.15) is 6.92 Å². The smallest absolute Gasteiger partial charge is 0.420 e. The molecule has 0 fully saturated rings. The van der Waals surface area contributed by atoms with Gasteiger partial charge in [0.2, 0.25) is 0 Å². The first-order valence-corrected chi connectivity index (χ1v) is 10.3. The summed E-state index contributed by atoms with van der Waals surface area (Å²) in [5, 5.41) is 0. The first-order valence-electron chi connectivity index (χ1n) is 9.51. The van der Waals surface area contributed by atoms with Crippen molar-refractivity contribution in [2.24, 2.45) is 4.99 Å². The minimum atomic E-state index is -0.579. The Morgan fingerprint density at radius 1 is 1.17 bits per heavy atom. The second kappa shape index (κ2) is 8.68. The fraction of sp³-hybridized carbons (Fsp3) is 0.286. The normalized spacial score (nSPS) is 12.1. The van der Waals surface area contributed by atoms with Crippen molar-refractivity contribution < 1.29 is 18.7 Å². The SMILES string of the molecule is CCOCCn1c(=NC(=O)Cn2c(=O)oc3ccccc32)sc2cc(OC)ccc21. The van der Waals surface area contributed by atoms with Crippen LogP contribution in [0.5, 0.6) is 5.75 Å². The fourth-order valence-corrected chi connectivity index (χ4v) is 4.32. The van der Waals surface area contributed by atoms with E-state index in [4.69, 9.17) is 13.9 Å². The summed E-state index contributed by atoms with van der Waals surface area (Å²) in [5.41, 5.74) is 1.95. The second-order valence-electron chi connectivity index (χ2n) is 6.49. The standard InChI is InChI=1S/C21H21N3O5S/c1-3-28-11-10-23-16-9-8-14(27-2)12-18(16)30-20(23)22-19(25)13-24-15-6-4-5-7-17(15)29-21(24)26/h4-9,12H,3,10-11,13H2,1-2H3. The van der Waals surface area contributed by atoms with Crippen LogP contribution in [0, 0.1) is 0 Å². The van der Waals surface area contributed by atoms with Gasteiger partial charge in [-0.1, -0.05) is 23.5 Å². The number of ether oxygens (including phenoxy) is 2. The molecular weight excluding hydrogens is 406 g/mol. The molecule has 30 heavy (non-hydrogen) atoms. The molecule has 1 amide bonds. The van der Waals surface area contributed by atoms with Crippen LogP contribution >= 0.6 is 11.3 Å². The van der Waals surface area contributed by atoms with Crippen LogP contribution in [0.3, 0.4) is 0 Å². The number of carbonyl (C=O) groups is 1. The largest absolute Gasteiger partial charge is 0.497 e. The zero-order valence-corrected chi connectivity index (χ0v) is 17.5. The van der Waals surface area contributed by atoms with Gasteiger partial charge in [-0.2, -0.15) is 4.99 Å². The maximum absolute atomic E-state index is 12.7. The lowest BCUT2D eigenvalue weighted by molar-refractivity contribution is -0.118. The lowest BCUT2D eigenvalue weighted by atomic mass is 10.3. The molecule has 2 aromatic carbocycles. The van der Waals surface area contributed by atoms with E-state index in [0.717, 1.165) is 16.0 Å². The van der Waals surface area contributed by atoms with Crippen LogP contribution in [0.4, 0.5) is 0 Å². The molecule has 0 unspecified atom stereocenters. The first kappa shape index (κ1) is 20.1. The Labute approximate surface area is 175 Å². The van der Waals surface area contributed by atoms with E-state index in [-0.39, 0.29) is 6.54 Å². The van der Waals surface area contributed by atoms with Crippen molar-refractivity contribution in [3.8, 4) is 5.75 Å². The summed E-state index contributed by atoms with van der Waals surface area (Å²) < 4.78 is 20.2. The van der Waals surface area contributed by atoms with Crippen LogP contribution < -0.4 is 15.3 Å². The maximum atomic E-state index is 12.7. The Balaban J connectivity index is 1.72. The second-order valence-corrected chi connectivity index (χ2v) is 7.50. The molecule has 0 radical (unpaired) electrons. The van der Waals surface area contributed by atoms with Crippen molar-refractivity contribution in [1.29, 1.82) is 0 Å². The summed E-state index contributed by atoms with van der Waals surface area (Å²) in [6.07, 6.45) is 0. The highest BCUT2D eigenvalue weighted by molar-refractivity contribution is 7.16. The number of fused-ring (bicyclic) bond motifs is 2. The Hall–Kier alpha value is -3.17. The van der Waals surface area contributed by atoms with Crippen molar-refractivity contribution in [1.82, 2.24) is 9.13 Å². The van der Waals surface area contributed by atoms with Crippen LogP contribution in [0.15, 0.2) is 56.7 Å². The number of rotatable bonds is 7. The fourth-order valence-electron chi connectivity index (χ4n) is 3.22. The third-order valence-corrected chi connectivity index (χ3v) is 5.68. The summed E-state index contributed by atoms with van der Waals surface area (Å²) in [5.74, 6) is -0.285. The molecule has 0 aliphatic heterocycles. The highest BCUT2D eigenvalue weighted by Crippen LogP contribution is 2.23. The molecule has 2 aromatic heterocycles. The Morgan fingerprint density at radius 3 is 2.80 bits per heavy atom. The van der Waals surface area contributed by atoms with Gasteiger partial charge in [-0.05, 0) is 37.3 Å². The monoisotopic (exact) mass is 427 g/mol. The minimum Gasteiger partial charge on any atom is -0.497 e. The lowest BCUT2D eigenvalue weighted by Gasteiger charge is -2.06. The van der Waals surface area contributed by atoms with E-state index >= 15 is 0 Å². The number of aromatic nitrogens is 2.